The Morgan fingerprint density at radius 3 is 2.54 bits per heavy atom. The highest BCUT2D eigenvalue weighted by atomic mass is 32.2. The summed E-state index contributed by atoms with van der Waals surface area (Å²) in [5.74, 6) is 0.406. The summed E-state index contributed by atoms with van der Waals surface area (Å²) in [7, 11) is -3.80. The minimum Gasteiger partial charge on any atom is -0.489 e. The first-order valence-corrected chi connectivity index (χ1v) is 13.6. The highest BCUT2D eigenvalue weighted by molar-refractivity contribution is 7.89. The summed E-state index contributed by atoms with van der Waals surface area (Å²) in [4.78, 5) is 16.6. The van der Waals surface area contributed by atoms with Crippen LogP contribution in [0.15, 0.2) is 65.2 Å². The molecule has 0 radical (unpaired) electrons. The van der Waals surface area contributed by atoms with Crippen LogP contribution in [-0.2, 0) is 10.0 Å². The van der Waals surface area contributed by atoms with Crippen LogP contribution in [0.1, 0.15) is 30.6 Å². The standard InChI is InChI=1S/C25H25F2N3O5S2/c1-16(2)8-10-34-20-11-17(24(31)29-25-28-14-23(27)36-25)12-21(13-20)35-19-3-5-22(6-4-19)37(32,33)30-9-7-18(26)15-30/h3-6,8,11-14,18H,7,9-10,15H2,1-2H3,(H,28,29,31)/t18-/m0/s1. The van der Waals surface area contributed by atoms with E-state index in [4.69, 9.17) is 9.47 Å². The fraction of sp³-hybridized carbons (Fsp3) is 0.280. The van der Waals surface area contributed by atoms with Crippen LogP contribution < -0.4 is 14.8 Å². The molecule has 37 heavy (non-hydrogen) atoms. The number of carbonyl (C=O) groups is 1. The van der Waals surface area contributed by atoms with Crippen LogP contribution in [0.2, 0.25) is 0 Å². The maximum Gasteiger partial charge on any atom is 0.257 e. The van der Waals surface area contributed by atoms with Crippen LogP contribution in [0.3, 0.4) is 0 Å². The van der Waals surface area contributed by atoms with Gasteiger partial charge in [0, 0.05) is 24.7 Å². The number of allylic oxidation sites excluding steroid dienone is 1. The van der Waals surface area contributed by atoms with Crippen LogP contribution in [0, 0.1) is 5.13 Å². The number of benzene rings is 2. The number of amides is 1. The van der Waals surface area contributed by atoms with Gasteiger partial charge < -0.3 is 9.47 Å². The van der Waals surface area contributed by atoms with Gasteiger partial charge >= 0.3 is 0 Å². The maximum atomic E-state index is 13.5. The van der Waals surface area contributed by atoms with Crippen molar-refractivity contribution in [1.29, 1.82) is 0 Å². The SMILES string of the molecule is CC(C)=CCOc1cc(Oc2ccc(S(=O)(=O)N3CC[C@H](F)C3)cc2)cc(C(=O)Nc2ncc(F)s2)c1. The molecule has 1 aliphatic rings. The van der Waals surface area contributed by atoms with Crippen LogP contribution >= 0.6 is 11.3 Å². The van der Waals surface area contributed by atoms with E-state index in [2.05, 4.69) is 10.3 Å². The minimum atomic E-state index is -3.80. The smallest absolute Gasteiger partial charge is 0.257 e. The molecule has 1 amide bonds. The van der Waals surface area contributed by atoms with E-state index in [1.807, 2.05) is 19.9 Å². The van der Waals surface area contributed by atoms with Crippen molar-refractivity contribution in [3.8, 4) is 17.2 Å². The predicted molar refractivity (Wildman–Crippen MR) is 136 cm³/mol. The van der Waals surface area contributed by atoms with E-state index in [0.29, 0.717) is 22.8 Å². The van der Waals surface area contributed by atoms with Crippen molar-refractivity contribution < 1.29 is 31.5 Å². The van der Waals surface area contributed by atoms with E-state index in [-0.39, 0.29) is 47.5 Å². The maximum absolute atomic E-state index is 13.5. The molecule has 0 spiro atoms. The molecule has 1 saturated heterocycles. The Morgan fingerprint density at radius 1 is 1.19 bits per heavy atom. The van der Waals surface area contributed by atoms with E-state index in [0.717, 1.165) is 16.1 Å². The third-order valence-electron chi connectivity index (χ3n) is 5.37. The molecule has 8 nitrogen and oxygen atoms in total. The van der Waals surface area contributed by atoms with Gasteiger partial charge in [0.25, 0.3) is 5.91 Å². The van der Waals surface area contributed by atoms with E-state index in [1.165, 1.54) is 36.4 Å². The Kier molecular flexibility index (Phi) is 8.20. The molecule has 4 rings (SSSR count). The number of carbonyl (C=O) groups excluding carboxylic acids is 1. The van der Waals surface area contributed by atoms with Gasteiger partial charge in [-0.2, -0.15) is 8.70 Å². The van der Waals surface area contributed by atoms with Gasteiger partial charge in [-0.25, -0.2) is 17.8 Å². The van der Waals surface area contributed by atoms with Crippen molar-refractivity contribution in [2.75, 3.05) is 25.0 Å². The second-order valence-electron chi connectivity index (χ2n) is 8.53. The number of sulfonamides is 1. The van der Waals surface area contributed by atoms with E-state index in [1.54, 1.807) is 6.07 Å². The summed E-state index contributed by atoms with van der Waals surface area (Å²) >= 11 is 0.698. The summed E-state index contributed by atoms with van der Waals surface area (Å²) in [6.07, 6.45) is 1.90. The Morgan fingerprint density at radius 2 is 1.92 bits per heavy atom. The van der Waals surface area contributed by atoms with E-state index in [9.17, 15) is 22.0 Å². The molecule has 196 valence electrons. The molecule has 1 fully saturated rings. The lowest BCUT2D eigenvalue weighted by molar-refractivity contribution is 0.102. The van der Waals surface area contributed by atoms with Crippen LogP contribution in [-0.4, -0.2) is 49.5 Å². The van der Waals surface area contributed by atoms with Gasteiger partial charge in [0.1, 0.15) is 30.0 Å². The van der Waals surface area contributed by atoms with Crippen molar-refractivity contribution in [2.45, 2.75) is 31.3 Å². The summed E-state index contributed by atoms with van der Waals surface area (Å²) in [5, 5.41) is 2.11. The fourth-order valence-electron chi connectivity index (χ4n) is 3.50. The van der Waals surface area contributed by atoms with Crippen LogP contribution in [0.4, 0.5) is 13.9 Å². The number of ether oxygens (including phenoxy) is 2. The highest BCUT2D eigenvalue weighted by Gasteiger charge is 2.32. The van der Waals surface area contributed by atoms with Gasteiger partial charge in [0.05, 0.1) is 11.1 Å². The zero-order chi connectivity index (χ0) is 26.6. The molecule has 1 atom stereocenters. The zero-order valence-corrected chi connectivity index (χ0v) is 21.7. The summed E-state index contributed by atoms with van der Waals surface area (Å²) in [5.41, 5.74) is 1.25. The zero-order valence-electron chi connectivity index (χ0n) is 20.1. The number of nitrogens with zero attached hydrogens (tertiary/aromatic N) is 2. The molecule has 0 unspecified atom stereocenters. The van der Waals surface area contributed by atoms with Crippen LogP contribution in [0.5, 0.6) is 17.2 Å². The van der Waals surface area contributed by atoms with Gasteiger partial charge in [-0.1, -0.05) is 16.9 Å². The Balaban J connectivity index is 1.55. The molecule has 1 N–H and O–H groups in total. The van der Waals surface area contributed by atoms with Crippen molar-refractivity contribution in [3.05, 3.63) is 71.0 Å². The molecular weight excluding hydrogens is 524 g/mol. The molecule has 3 aromatic rings. The second kappa shape index (κ2) is 11.4. The quantitative estimate of drug-likeness (QED) is 0.359. The lowest BCUT2D eigenvalue weighted by atomic mass is 10.2. The van der Waals surface area contributed by atoms with Gasteiger partial charge in [-0.3, -0.25) is 10.1 Å². The Labute approximate surface area is 217 Å². The number of thiazole rings is 1. The monoisotopic (exact) mass is 549 g/mol. The van der Waals surface area contributed by atoms with Crippen molar-refractivity contribution in [1.82, 2.24) is 9.29 Å². The van der Waals surface area contributed by atoms with Gasteiger partial charge in [-0.15, -0.1) is 0 Å². The lowest BCUT2D eigenvalue weighted by Gasteiger charge is -2.16. The second-order valence-corrected chi connectivity index (χ2v) is 11.5. The van der Waals surface area contributed by atoms with Gasteiger partial charge in [0.2, 0.25) is 10.0 Å². The van der Waals surface area contributed by atoms with Crippen molar-refractivity contribution in [2.24, 2.45) is 0 Å². The van der Waals surface area contributed by atoms with Crippen molar-refractivity contribution in [3.63, 3.8) is 0 Å². The third kappa shape index (κ3) is 6.90. The number of rotatable bonds is 9. The molecular formula is C25H25F2N3O5S2. The largest absolute Gasteiger partial charge is 0.489 e. The van der Waals surface area contributed by atoms with Gasteiger partial charge in [-0.05, 0) is 62.7 Å². The summed E-state index contributed by atoms with van der Waals surface area (Å²) in [6.45, 7) is 4.11. The molecule has 0 saturated carbocycles. The highest BCUT2D eigenvalue weighted by Crippen LogP contribution is 2.30. The number of hydrogen-bond donors (Lipinski definition) is 1. The van der Waals surface area contributed by atoms with E-state index >= 15 is 0 Å². The molecule has 0 bridgehead atoms. The number of nitrogens with one attached hydrogen (secondary N) is 1. The first-order chi connectivity index (χ1) is 17.6. The molecule has 1 aliphatic heterocycles. The lowest BCUT2D eigenvalue weighted by Crippen LogP contribution is -2.29. The number of alkyl halides is 1. The first-order valence-electron chi connectivity index (χ1n) is 11.4. The number of anilines is 1. The average Bonchev–Trinajstić information content (AvgIpc) is 3.47. The van der Waals surface area contributed by atoms with Crippen molar-refractivity contribution >= 4 is 32.4 Å². The molecule has 12 heteroatoms. The molecule has 2 aromatic carbocycles. The first kappa shape index (κ1) is 26.7. The van der Waals surface area contributed by atoms with Gasteiger partial charge in [0.15, 0.2) is 10.3 Å². The summed E-state index contributed by atoms with van der Waals surface area (Å²) < 4.78 is 65.0. The molecule has 2 heterocycles. The molecule has 0 aliphatic carbocycles. The minimum absolute atomic E-state index is 0.0310. The van der Waals surface area contributed by atoms with Crippen LogP contribution in [0.25, 0.3) is 0 Å². The average molecular weight is 550 g/mol. The Hall–Kier alpha value is -3.35. The number of aromatic nitrogens is 1. The normalized spacial score (nSPS) is 15.8. The topological polar surface area (TPSA) is 97.8 Å². The molecule has 1 aromatic heterocycles. The number of halogens is 2. The summed E-state index contributed by atoms with van der Waals surface area (Å²) in [6, 6.07) is 10.3. The third-order valence-corrected chi connectivity index (χ3v) is 7.95. The fourth-order valence-corrected chi connectivity index (χ4v) is 5.52. The number of hydrogen-bond acceptors (Lipinski definition) is 7. The Bertz CT molecular complexity index is 1400. The van der Waals surface area contributed by atoms with E-state index < -0.39 is 27.2 Å². The predicted octanol–water partition coefficient (Wildman–Crippen LogP) is 5.40.